The number of halogens is 1. The van der Waals surface area contributed by atoms with E-state index in [4.69, 9.17) is 16.3 Å². The van der Waals surface area contributed by atoms with E-state index in [-0.39, 0.29) is 24.1 Å². The van der Waals surface area contributed by atoms with Crippen LogP contribution in [0.4, 0.5) is 17.1 Å². The van der Waals surface area contributed by atoms with Gasteiger partial charge in [0.05, 0.1) is 18.7 Å². The third-order valence-corrected chi connectivity index (χ3v) is 5.66. The van der Waals surface area contributed by atoms with E-state index in [1.54, 1.807) is 59.4 Å². The number of carbonyl (C=O) groups is 3. The Hall–Kier alpha value is -3.06. The van der Waals surface area contributed by atoms with Crippen molar-refractivity contribution in [3.8, 4) is 5.75 Å². The average molecular weight is 428 g/mol. The summed E-state index contributed by atoms with van der Waals surface area (Å²) in [6.07, 6.45) is 1.43. The molecule has 1 unspecified atom stereocenters. The molecule has 2 heterocycles. The summed E-state index contributed by atoms with van der Waals surface area (Å²) in [4.78, 5) is 40.7. The van der Waals surface area contributed by atoms with Crippen molar-refractivity contribution < 1.29 is 19.1 Å². The molecule has 2 aliphatic rings. The minimum absolute atomic E-state index is 0.0373. The number of nitrogens with zero attached hydrogens (tertiary/aromatic N) is 2. The number of nitrogens with one attached hydrogen (secondary N) is 1. The molecule has 0 spiro atoms. The van der Waals surface area contributed by atoms with Crippen molar-refractivity contribution in [2.24, 2.45) is 5.92 Å². The number of carbonyl (C=O) groups excluding carboxylic acids is 3. The average Bonchev–Trinajstić information content (AvgIpc) is 3.33. The molecule has 30 heavy (non-hydrogen) atoms. The standard InChI is InChI=1S/C22H22ClN3O4/c1-30-19-8-7-16(12-18(19)25-9-3-6-20(25)27)24-22(29)14-10-21(28)26(13-14)17-5-2-4-15(23)11-17/h2,4-5,7-8,11-12,14H,3,6,9-10,13H2,1H3,(H,24,29). The molecule has 2 saturated heterocycles. The summed E-state index contributed by atoms with van der Waals surface area (Å²) in [5.74, 6) is -0.218. The quantitative estimate of drug-likeness (QED) is 0.792. The first-order valence-corrected chi connectivity index (χ1v) is 10.2. The number of hydrogen-bond acceptors (Lipinski definition) is 4. The number of ether oxygens (including phenoxy) is 1. The SMILES string of the molecule is COc1ccc(NC(=O)C2CC(=O)N(c3cccc(Cl)c3)C2)cc1N1CCCC1=O. The second-order valence-electron chi connectivity index (χ2n) is 7.41. The second-order valence-corrected chi connectivity index (χ2v) is 7.85. The zero-order valence-corrected chi connectivity index (χ0v) is 17.3. The van der Waals surface area contributed by atoms with Crippen LogP contribution < -0.4 is 19.9 Å². The Kier molecular flexibility index (Phi) is 5.63. The van der Waals surface area contributed by atoms with Gasteiger partial charge in [0.2, 0.25) is 17.7 Å². The number of methoxy groups -OCH3 is 1. The van der Waals surface area contributed by atoms with Crippen LogP contribution in [0.1, 0.15) is 19.3 Å². The topological polar surface area (TPSA) is 79.0 Å². The van der Waals surface area contributed by atoms with Crippen LogP contribution in [0.2, 0.25) is 5.02 Å². The van der Waals surface area contributed by atoms with Gasteiger partial charge in [-0.25, -0.2) is 0 Å². The van der Waals surface area contributed by atoms with Crippen LogP contribution in [0.3, 0.4) is 0 Å². The molecule has 2 aliphatic heterocycles. The minimum atomic E-state index is -0.476. The Morgan fingerprint density at radius 2 is 1.97 bits per heavy atom. The second kappa shape index (κ2) is 8.36. The zero-order valence-electron chi connectivity index (χ0n) is 16.6. The molecule has 156 valence electrons. The van der Waals surface area contributed by atoms with E-state index in [1.807, 2.05) is 0 Å². The van der Waals surface area contributed by atoms with Gasteiger partial charge in [-0.15, -0.1) is 0 Å². The van der Waals surface area contributed by atoms with Crippen molar-refractivity contribution in [3.05, 3.63) is 47.5 Å². The molecule has 0 aliphatic carbocycles. The predicted octanol–water partition coefficient (Wildman–Crippen LogP) is 3.47. The number of rotatable bonds is 5. The van der Waals surface area contributed by atoms with E-state index >= 15 is 0 Å². The van der Waals surface area contributed by atoms with Crippen LogP contribution in [0.15, 0.2) is 42.5 Å². The van der Waals surface area contributed by atoms with E-state index in [0.29, 0.717) is 47.3 Å². The molecule has 0 aromatic heterocycles. The molecule has 0 bridgehead atoms. The van der Waals surface area contributed by atoms with Crippen molar-refractivity contribution in [3.63, 3.8) is 0 Å². The third-order valence-electron chi connectivity index (χ3n) is 5.43. The van der Waals surface area contributed by atoms with E-state index in [0.717, 1.165) is 6.42 Å². The van der Waals surface area contributed by atoms with Crippen molar-refractivity contribution in [2.75, 3.05) is 35.3 Å². The molecule has 4 rings (SSSR count). The minimum Gasteiger partial charge on any atom is -0.495 e. The number of amides is 3. The summed E-state index contributed by atoms with van der Waals surface area (Å²) >= 11 is 6.03. The molecule has 8 heteroatoms. The third kappa shape index (κ3) is 3.98. The lowest BCUT2D eigenvalue weighted by Gasteiger charge is -2.20. The predicted molar refractivity (Wildman–Crippen MR) is 115 cm³/mol. The van der Waals surface area contributed by atoms with Gasteiger partial charge < -0.3 is 19.9 Å². The van der Waals surface area contributed by atoms with E-state index in [9.17, 15) is 14.4 Å². The highest BCUT2D eigenvalue weighted by atomic mass is 35.5. The van der Waals surface area contributed by atoms with Gasteiger partial charge in [0, 0.05) is 42.3 Å². The van der Waals surface area contributed by atoms with Gasteiger partial charge >= 0.3 is 0 Å². The Labute approximate surface area is 179 Å². The van der Waals surface area contributed by atoms with Crippen LogP contribution in [0.5, 0.6) is 5.75 Å². The monoisotopic (exact) mass is 427 g/mol. The molecular weight excluding hydrogens is 406 g/mol. The summed E-state index contributed by atoms with van der Waals surface area (Å²) in [6, 6.07) is 12.2. The van der Waals surface area contributed by atoms with Gasteiger partial charge in [-0.2, -0.15) is 0 Å². The van der Waals surface area contributed by atoms with Crippen LogP contribution >= 0.6 is 11.6 Å². The molecule has 3 amide bonds. The Balaban J connectivity index is 1.49. The first-order valence-electron chi connectivity index (χ1n) is 9.81. The summed E-state index contributed by atoms with van der Waals surface area (Å²) in [5.41, 5.74) is 1.88. The summed E-state index contributed by atoms with van der Waals surface area (Å²) in [7, 11) is 1.55. The first kappa shape index (κ1) is 20.2. The van der Waals surface area contributed by atoms with Crippen molar-refractivity contribution in [1.29, 1.82) is 0 Å². The molecule has 2 aromatic rings. The van der Waals surface area contributed by atoms with Gasteiger partial charge in [-0.1, -0.05) is 17.7 Å². The number of anilines is 3. The molecule has 2 aromatic carbocycles. The van der Waals surface area contributed by atoms with Gasteiger partial charge in [-0.05, 0) is 42.8 Å². The lowest BCUT2D eigenvalue weighted by atomic mass is 10.1. The Morgan fingerprint density at radius 3 is 2.67 bits per heavy atom. The molecular formula is C22H22ClN3O4. The highest BCUT2D eigenvalue weighted by molar-refractivity contribution is 6.31. The van der Waals surface area contributed by atoms with Crippen molar-refractivity contribution >= 4 is 46.4 Å². The van der Waals surface area contributed by atoms with E-state index < -0.39 is 5.92 Å². The maximum atomic E-state index is 12.8. The highest BCUT2D eigenvalue weighted by Gasteiger charge is 2.35. The smallest absolute Gasteiger partial charge is 0.229 e. The molecule has 0 saturated carbocycles. The summed E-state index contributed by atoms with van der Waals surface area (Å²) in [6.45, 7) is 0.914. The Bertz CT molecular complexity index is 1010. The highest BCUT2D eigenvalue weighted by Crippen LogP contribution is 2.34. The molecule has 1 N–H and O–H groups in total. The maximum absolute atomic E-state index is 12.8. The molecule has 7 nitrogen and oxygen atoms in total. The molecule has 1 atom stereocenters. The van der Waals surface area contributed by atoms with E-state index in [2.05, 4.69) is 5.32 Å². The van der Waals surface area contributed by atoms with Gasteiger partial charge in [0.1, 0.15) is 5.75 Å². The van der Waals surface area contributed by atoms with Crippen LogP contribution in [0.25, 0.3) is 0 Å². The van der Waals surface area contributed by atoms with E-state index in [1.165, 1.54) is 0 Å². The first-order chi connectivity index (χ1) is 14.5. The fourth-order valence-corrected chi connectivity index (χ4v) is 4.09. The number of benzene rings is 2. The maximum Gasteiger partial charge on any atom is 0.229 e. The lowest BCUT2D eigenvalue weighted by molar-refractivity contribution is -0.122. The fourth-order valence-electron chi connectivity index (χ4n) is 3.90. The molecule has 0 radical (unpaired) electrons. The zero-order chi connectivity index (χ0) is 21.3. The Morgan fingerprint density at radius 1 is 1.13 bits per heavy atom. The number of hydrogen-bond donors (Lipinski definition) is 1. The van der Waals surface area contributed by atoms with Crippen LogP contribution in [-0.2, 0) is 14.4 Å². The van der Waals surface area contributed by atoms with Crippen LogP contribution in [-0.4, -0.2) is 37.9 Å². The lowest BCUT2D eigenvalue weighted by Crippen LogP contribution is -2.28. The largest absolute Gasteiger partial charge is 0.495 e. The van der Waals surface area contributed by atoms with Gasteiger partial charge in [0.15, 0.2) is 0 Å². The van der Waals surface area contributed by atoms with Crippen molar-refractivity contribution in [2.45, 2.75) is 19.3 Å². The van der Waals surface area contributed by atoms with Gasteiger partial charge in [-0.3, -0.25) is 14.4 Å². The molecule has 2 fully saturated rings. The summed E-state index contributed by atoms with van der Waals surface area (Å²) in [5, 5.41) is 3.42. The van der Waals surface area contributed by atoms with Gasteiger partial charge in [0.25, 0.3) is 0 Å². The van der Waals surface area contributed by atoms with Crippen LogP contribution in [0, 0.1) is 5.92 Å². The normalized spacial score (nSPS) is 18.8. The van der Waals surface area contributed by atoms with Crippen molar-refractivity contribution in [1.82, 2.24) is 0 Å². The fraction of sp³-hybridized carbons (Fsp3) is 0.318. The summed E-state index contributed by atoms with van der Waals surface area (Å²) < 4.78 is 5.38.